The molecule has 2 nitrogen and oxygen atoms in total. The number of alkyl halides is 2. The van der Waals surface area contributed by atoms with E-state index in [1.807, 2.05) is 12.1 Å². The van der Waals surface area contributed by atoms with Gasteiger partial charge in [0.25, 0.3) is 5.92 Å². The van der Waals surface area contributed by atoms with Crippen molar-refractivity contribution in [3.63, 3.8) is 0 Å². The van der Waals surface area contributed by atoms with Crippen molar-refractivity contribution in [1.82, 2.24) is 4.90 Å². The normalized spacial score (nSPS) is 18.5. The zero-order chi connectivity index (χ0) is 15.6. The Hall–Kier alpha value is -1.30. The van der Waals surface area contributed by atoms with Crippen LogP contribution < -0.4 is 5.73 Å². The zero-order valence-corrected chi connectivity index (χ0v) is 13.2. The Labute approximate surface area is 133 Å². The van der Waals surface area contributed by atoms with Gasteiger partial charge in [-0.1, -0.05) is 24.3 Å². The summed E-state index contributed by atoms with van der Waals surface area (Å²) in [6.07, 6.45) is -0.0441. The van der Waals surface area contributed by atoms with Gasteiger partial charge in [-0.15, -0.1) is 11.3 Å². The van der Waals surface area contributed by atoms with Gasteiger partial charge >= 0.3 is 0 Å². The minimum Gasteiger partial charge on any atom is -0.326 e. The van der Waals surface area contributed by atoms with E-state index in [4.69, 9.17) is 5.73 Å². The van der Waals surface area contributed by atoms with E-state index < -0.39 is 5.92 Å². The summed E-state index contributed by atoms with van der Waals surface area (Å²) in [5.41, 5.74) is 7.91. The smallest absolute Gasteiger partial charge is 0.250 e. The molecule has 2 N–H and O–H groups in total. The van der Waals surface area contributed by atoms with Gasteiger partial charge in [0, 0.05) is 48.8 Å². The molecule has 2 aromatic rings. The topological polar surface area (TPSA) is 29.3 Å². The molecule has 0 aliphatic carbocycles. The fourth-order valence-corrected chi connectivity index (χ4v) is 3.74. The third kappa shape index (κ3) is 3.72. The largest absolute Gasteiger partial charge is 0.326 e. The van der Waals surface area contributed by atoms with Crippen LogP contribution in [0.15, 0.2) is 36.4 Å². The first-order valence-electron chi connectivity index (χ1n) is 7.54. The molecule has 2 heterocycles. The van der Waals surface area contributed by atoms with Crippen molar-refractivity contribution in [3.05, 3.63) is 46.8 Å². The molecule has 0 bridgehead atoms. The summed E-state index contributed by atoms with van der Waals surface area (Å²) in [5.74, 6) is -2.47. The van der Waals surface area contributed by atoms with E-state index >= 15 is 0 Å². The standard InChI is InChI=1S/C17H20F2N2S/c18-17(19)7-9-21(10-8-17)12-15-5-6-16(22-15)14-3-1-13(11-20)2-4-14/h1-6H,7-12,20H2. The summed E-state index contributed by atoms with van der Waals surface area (Å²) >= 11 is 1.73. The third-order valence-electron chi connectivity index (χ3n) is 4.10. The average Bonchev–Trinajstić information content (AvgIpc) is 2.98. The van der Waals surface area contributed by atoms with Gasteiger partial charge in [0.1, 0.15) is 0 Å². The van der Waals surface area contributed by atoms with Gasteiger partial charge in [0.15, 0.2) is 0 Å². The van der Waals surface area contributed by atoms with Gasteiger partial charge in [-0.2, -0.15) is 0 Å². The summed E-state index contributed by atoms with van der Waals surface area (Å²) in [4.78, 5) is 4.55. The molecule has 1 aliphatic rings. The Kier molecular flexibility index (Phi) is 4.57. The van der Waals surface area contributed by atoms with Crippen LogP contribution in [0.2, 0.25) is 0 Å². The highest BCUT2D eigenvalue weighted by molar-refractivity contribution is 7.15. The van der Waals surface area contributed by atoms with Crippen LogP contribution in [0.5, 0.6) is 0 Å². The monoisotopic (exact) mass is 322 g/mol. The van der Waals surface area contributed by atoms with E-state index in [9.17, 15) is 8.78 Å². The first kappa shape index (κ1) is 15.6. The molecule has 1 fully saturated rings. The summed E-state index contributed by atoms with van der Waals surface area (Å²) in [7, 11) is 0. The lowest BCUT2D eigenvalue weighted by Crippen LogP contribution is -2.38. The second kappa shape index (κ2) is 6.44. The maximum atomic E-state index is 13.2. The van der Waals surface area contributed by atoms with E-state index in [2.05, 4.69) is 29.2 Å². The van der Waals surface area contributed by atoms with Crippen molar-refractivity contribution in [1.29, 1.82) is 0 Å². The maximum absolute atomic E-state index is 13.2. The van der Waals surface area contributed by atoms with Crippen molar-refractivity contribution >= 4 is 11.3 Å². The number of likely N-dealkylation sites (tertiary alicyclic amines) is 1. The summed E-state index contributed by atoms with van der Waals surface area (Å²) < 4.78 is 26.3. The Morgan fingerprint density at radius 3 is 2.36 bits per heavy atom. The fraction of sp³-hybridized carbons (Fsp3) is 0.412. The van der Waals surface area contributed by atoms with Crippen LogP contribution in [0.3, 0.4) is 0 Å². The second-order valence-corrected chi connectivity index (χ2v) is 6.97. The van der Waals surface area contributed by atoms with Crippen LogP contribution in [-0.2, 0) is 13.1 Å². The summed E-state index contributed by atoms with van der Waals surface area (Å²) in [6.45, 7) is 2.27. The molecule has 118 valence electrons. The van der Waals surface area contributed by atoms with Crippen molar-refractivity contribution < 1.29 is 8.78 Å². The highest BCUT2D eigenvalue weighted by atomic mass is 32.1. The van der Waals surface area contributed by atoms with Gasteiger partial charge < -0.3 is 5.73 Å². The number of rotatable bonds is 4. The highest BCUT2D eigenvalue weighted by Crippen LogP contribution is 2.32. The van der Waals surface area contributed by atoms with Crippen molar-refractivity contribution in [2.45, 2.75) is 31.9 Å². The van der Waals surface area contributed by atoms with Crippen LogP contribution in [-0.4, -0.2) is 23.9 Å². The molecule has 3 rings (SSSR count). The van der Waals surface area contributed by atoms with Crippen LogP contribution in [0.25, 0.3) is 10.4 Å². The molecule has 0 spiro atoms. The Morgan fingerprint density at radius 2 is 1.73 bits per heavy atom. The Morgan fingerprint density at radius 1 is 1.05 bits per heavy atom. The molecule has 1 aromatic heterocycles. The number of nitrogens with two attached hydrogens (primary N) is 1. The van der Waals surface area contributed by atoms with E-state index in [1.54, 1.807) is 11.3 Å². The molecule has 22 heavy (non-hydrogen) atoms. The van der Waals surface area contributed by atoms with Crippen LogP contribution in [0.4, 0.5) is 8.78 Å². The quantitative estimate of drug-likeness (QED) is 0.918. The lowest BCUT2D eigenvalue weighted by molar-refractivity contribution is -0.0564. The summed E-state index contributed by atoms with van der Waals surface area (Å²) in [5, 5.41) is 0. The van der Waals surface area contributed by atoms with Crippen molar-refractivity contribution in [2.75, 3.05) is 13.1 Å². The summed E-state index contributed by atoms with van der Waals surface area (Å²) in [6, 6.07) is 12.5. The molecule has 0 radical (unpaired) electrons. The minimum absolute atomic E-state index is 0.0220. The maximum Gasteiger partial charge on any atom is 0.250 e. The van der Waals surface area contributed by atoms with E-state index in [1.165, 1.54) is 15.3 Å². The van der Waals surface area contributed by atoms with Gasteiger partial charge in [-0.25, -0.2) is 8.78 Å². The molecule has 5 heteroatoms. The molecule has 0 atom stereocenters. The first-order valence-corrected chi connectivity index (χ1v) is 8.36. The fourth-order valence-electron chi connectivity index (χ4n) is 2.68. The molecule has 1 saturated heterocycles. The second-order valence-electron chi connectivity index (χ2n) is 5.80. The van der Waals surface area contributed by atoms with Crippen molar-refractivity contribution in [2.24, 2.45) is 5.73 Å². The lowest BCUT2D eigenvalue weighted by atomic mass is 10.1. The van der Waals surface area contributed by atoms with Crippen molar-refractivity contribution in [3.8, 4) is 10.4 Å². The molecule has 1 aromatic carbocycles. The number of hydrogen-bond donors (Lipinski definition) is 1. The average molecular weight is 322 g/mol. The molecule has 0 saturated carbocycles. The third-order valence-corrected chi connectivity index (χ3v) is 5.22. The SMILES string of the molecule is NCc1ccc(-c2ccc(CN3CCC(F)(F)CC3)s2)cc1. The number of thiophene rings is 1. The van der Waals surface area contributed by atoms with E-state index in [-0.39, 0.29) is 12.8 Å². The Balaban J connectivity index is 1.63. The molecule has 1 aliphatic heterocycles. The number of benzene rings is 1. The van der Waals surface area contributed by atoms with Gasteiger partial charge in [0.2, 0.25) is 0 Å². The van der Waals surface area contributed by atoms with Gasteiger partial charge in [0.05, 0.1) is 0 Å². The molecule has 0 unspecified atom stereocenters. The first-order chi connectivity index (χ1) is 10.6. The van der Waals surface area contributed by atoms with Gasteiger partial charge in [-0.05, 0) is 23.3 Å². The van der Waals surface area contributed by atoms with Gasteiger partial charge in [-0.3, -0.25) is 4.90 Å². The molecular weight excluding hydrogens is 302 g/mol. The Bertz CT molecular complexity index is 612. The number of halogens is 2. The molecular formula is C17H20F2N2S. The zero-order valence-electron chi connectivity index (χ0n) is 12.4. The predicted octanol–water partition coefficient (Wildman–Crippen LogP) is 4.10. The molecule has 0 amide bonds. The number of piperidine rings is 1. The number of nitrogens with zero attached hydrogens (tertiary/aromatic N) is 1. The van der Waals surface area contributed by atoms with Crippen LogP contribution in [0, 0.1) is 0 Å². The minimum atomic E-state index is -2.47. The van der Waals surface area contributed by atoms with E-state index in [0.717, 1.165) is 12.1 Å². The predicted molar refractivity (Wildman–Crippen MR) is 87.1 cm³/mol. The number of hydrogen-bond acceptors (Lipinski definition) is 3. The lowest BCUT2D eigenvalue weighted by Gasteiger charge is -2.31. The van der Waals surface area contributed by atoms with Crippen LogP contribution >= 0.6 is 11.3 Å². The highest BCUT2D eigenvalue weighted by Gasteiger charge is 2.33. The van der Waals surface area contributed by atoms with E-state index in [0.29, 0.717) is 19.6 Å². The van der Waals surface area contributed by atoms with Crippen LogP contribution in [0.1, 0.15) is 23.3 Å².